The number of fused-ring (bicyclic) bond motifs is 1. The highest BCUT2D eigenvalue weighted by atomic mass is 32.2. The summed E-state index contributed by atoms with van der Waals surface area (Å²) in [7, 11) is 0. The number of alkyl halides is 3. The minimum absolute atomic E-state index is 0.0471. The molecule has 3 N–H and O–H groups in total. The van der Waals surface area contributed by atoms with Crippen molar-refractivity contribution >= 4 is 53.5 Å². The number of aliphatic carboxylic acids is 1. The first-order chi connectivity index (χ1) is 17.4. The number of thioether (sulfide) groups is 1. The molecule has 2 atom stereocenters. The molecule has 0 radical (unpaired) electrons. The fraction of sp³-hybridized carbons (Fsp3) is 0.350. The Morgan fingerprint density at radius 3 is 2.70 bits per heavy atom. The number of rotatable bonds is 10. The van der Waals surface area contributed by atoms with E-state index in [1.807, 2.05) is 0 Å². The van der Waals surface area contributed by atoms with Gasteiger partial charge in [0.25, 0.3) is 11.8 Å². The van der Waals surface area contributed by atoms with Crippen molar-refractivity contribution in [3.05, 3.63) is 35.2 Å². The minimum Gasteiger partial charge on any atom is -0.477 e. The van der Waals surface area contributed by atoms with Crippen molar-refractivity contribution in [2.75, 3.05) is 24.3 Å². The van der Waals surface area contributed by atoms with Gasteiger partial charge in [-0.1, -0.05) is 11.2 Å². The second kappa shape index (κ2) is 11.3. The average Bonchev–Trinajstić information content (AvgIpc) is 2.82. The summed E-state index contributed by atoms with van der Waals surface area (Å²) in [5, 5.41) is 16.5. The molecule has 198 valence electrons. The third kappa shape index (κ3) is 6.54. The number of anilines is 1. The molecule has 3 heterocycles. The third-order valence-electron chi connectivity index (χ3n) is 4.78. The van der Waals surface area contributed by atoms with Crippen LogP contribution in [0.4, 0.5) is 19.0 Å². The van der Waals surface area contributed by atoms with Crippen LogP contribution in [0.5, 0.6) is 0 Å². The zero-order valence-corrected chi connectivity index (χ0v) is 19.6. The summed E-state index contributed by atoms with van der Waals surface area (Å²) in [6.45, 7) is -1.03. The molecule has 2 aliphatic rings. The number of esters is 1. The molecule has 3 rings (SSSR count). The van der Waals surface area contributed by atoms with E-state index in [4.69, 9.17) is 4.74 Å². The summed E-state index contributed by atoms with van der Waals surface area (Å²) in [4.78, 5) is 68.4. The Kier molecular flexibility index (Phi) is 8.36. The Morgan fingerprint density at radius 1 is 1.35 bits per heavy atom. The van der Waals surface area contributed by atoms with E-state index >= 15 is 0 Å². The molecule has 1 aromatic rings. The Morgan fingerprint density at radius 2 is 2.08 bits per heavy atom. The van der Waals surface area contributed by atoms with Crippen LogP contribution in [0, 0.1) is 0 Å². The van der Waals surface area contributed by atoms with Gasteiger partial charge in [0.15, 0.2) is 5.71 Å². The Balaban J connectivity index is 1.83. The Labute approximate surface area is 210 Å². The number of amides is 3. The van der Waals surface area contributed by atoms with Gasteiger partial charge in [0, 0.05) is 18.2 Å². The number of halogens is 3. The monoisotopic (exact) mass is 545 g/mol. The summed E-state index contributed by atoms with van der Waals surface area (Å²) < 4.78 is 42.4. The van der Waals surface area contributed by atoms with Crippen LogP contribution in [0.15, 0.2) is 34.6 Å². The number of carbonyl (C=O) groups is 5. The second-order valence-electron chi connectivity index (χ2n) is 7.40. The molecule has 1 fully saturated rings. The summed E-state index contributed by atoms with van der Waals surface area (Å²) >= 11 is 1.08. The number of aromatic nitrogens is 1. The number of carboxylic acid groups (broad SMARTS) is 1. The smallest absolute Gasteiger partial charge is 0.425 e. The third-order valence-corrected chi connectivity index (χ3v) is 6.12. The molecule has 2 aliphatic heterocycles. The number of β-lactam (4-membered cyclic amide) rings is 1. The van der Waals surface area contributed by atoms with Crippen molar-refractivity contribution < 1.29 is 51.8 Å². The lowest BCUT2D eigenvalue weighted by Gasteiger charge is -2.49. The predicted molar refractivity (Wildman–Crippen MR) is 119 cm³/mol. The predicted octanol–water partition coefficient (Wildman–Crippen LogP) is 0.235. The fourth-order valence-electron chi connectivity index (χ4n) is 3.27. The van der Waals surface area contributed by atoms with Gasteiger partial charge in [0.1, 0.15) is 35.2 Å². The van der Waals surface area contributed by atoms with Gasteiger partial charge in [0.2, 0.25) is 13.0 Å². The first kappa shape index (κ1) is 27.4. The first-order valence-corrected chi connectivity index (χ1v) is 11.3. The lowest BCUT2D eigenvalue weighted by Crippen LogP contribution is -2.71. The molecule has 0 saturated carbocycles. The fourth-order valence-corrected chi connectivity index (χ4v) is 4.60. The highest BCUT2D eigenvalue weighted by Gasteiger charge is 2.54. The van der Waals surface area contributed by atoms with Crippen LogP contribution in [0.3, 0.4) is 0 Å². The van der Waals surface area contributed by atoms with Crippen molar-refractivity contribution in [2.24, 2.45) is 5.16 Å². The van der Waals surface area contributed by atoms with Gasteiger partial charge in [-0.2, -0.15) is 13.2 Å². The number of pyridine rings is 1. The van der Waals surface area contributed by atoms with Gasteiger partial charge in [-0.25, -0.2) is 9.78 Å². The maximum Gasteiger partial charge on any atom is 0.425 e. The summed E-state index contributed by atoms with van der Waals surface area (Å²) in [6.07, 6.45) is -4.47. The van der Waals surface area contributed by atoms with Gasteiger partial charge in [0.05, 0.1) is 0 Å². The van der Waals surface area contributed by atoms with E-state index in [-0.39, 0.29) is 35.9 Å². The lowest BCUT2D eigenvalue weighted by atomic mass is 10.0. The Hall–Kier alpha value is -4.15. The summed E-state index contributed by atoms with van der Waals surface area (Å²) in [5.41, 5.74) is -1.22. The summed E-state index contributed by atoms with van der Waals surface area (Å²) in [6, 6.07) is 2.62. The average molecular weight is 545 g/mol. The number of nitrogens with one attached hydrogen (secondary N) is 2. The number of oxime groups is 1. The van der Waals surface area contributed by atoms with Crippen molar-refractivity contribution in [1.29, 1.82) is 0 Å². The molecule has 1 saturated heterocycles. The molecule has 3 amide bonds. The van der Waals surface area contributed by atoms with Crippen molar-refractivity contribution in [2.45, 2.75) is 24.5 Å². The van der Waals surface area contributed by atoms with Crippen LogP contribution in [-0.4, -0.2) is 87.4 Å². The topological polar surface area (TPSA) is 177 Å². The number of hydrogen-bond donors (Lipinski definition) is 3. The summed E-state index contributed by atoms with van der Waals surface area (Å²) in [5.74, 6) is -4.03. The van der Waals surface area contributed by atoms with E-state index < -0.39 is 59.4 Å². The normalized spacial score (nSPS) is 19.4. The van der Waals surface area contributed by atoms with E-state index in [0.29, 0.717) is 0 Å². The molecule has 0 spiro atoms. The van der Waals surface area contributed by atoms with Gasteiger partial charge in [-0.15, -0.1) is 11.8 Å². The molecule has 0 aliphatic carbocycles. The molecular weight excluding hydrogens is 527 g/mol. The van der Waals surface area contributed by atoms with Crippen LogP contribution in [-0.2, 0) is 33.5 Å². The van der Waals surface area contributed by atoms with Crippen LogP contribution in [0.2, 0.25) is 0 Å². The van der Waals surface area contributed by atoms with Crippen LogP contribution in [0.25, 0.3) is 0 Å². The number of ether oxygens (including phenoxy) is 1. The molecule has 0 unspecified atom stereocenters. The highest BCUT2D eigenvalue weighted by Crippen LogP contribution is 2.40. The molecule has 13 nitrogen and oxygen atoms in total. The maximum absolute atomic E-state index is 12.9. The quantitative estimate of drug-likeness (QED) is 0.121. The Bertz CT molecular complexity index is 1190. The van der Waals surface area contributed by atoms with Crippen LogP contribution >= 0.6 is 11.8 Å². The van der Waals surface area contributed by atoms with E-state index in [9.17, 15) is 42.3 Å². The van der Waals surface area contributed by atoms with E-state index in [2.05, 4.69) is 25.6 Å². The van der Waals surface area contributed by atoms with Gasteiger partial charge < -0.3 is 25.3 Å². The van der Waals surface area contributed by atoms with Crippen molar-refractivity contribution in [3.63, 3.8) is 0 Å². The zero-order chi connectivity index (χ0) is 27.3. The van der Waals surface area contributed by atoms with Crippen molar-refractivity contribution in [1.82, 2.24) is 15.2 Å². The van der Waals surface area contributed by atoms with Gasteiger partial charge in [-0.3, -0.25) is 24.1 Å². The van der Waals surface area contributed by atoms with Crippen molar-refractivity contribution in [3.8, 4) is 0 Å². The molecule has 37 heavy (non-hydrogen) atoms. The molecule has 1 aromatic heterocycles. The van der Waals surface area contributed by atoms with Gasteiger partial charge >= 0.3 is 18.1 Å². The van der Waals surface area contributed by atoms with E-state index in [1.165, 1.54) is 18.2 Å². The van der Waals surface area contributed by atoms with E-state index in [0.717, 1.165) is 23.6 Å². The molecule has 17 heteroatoms. The van der Waals surface area contributed by atoms with Crippen LogP contribution in [0.1, 0.15) is 12.6 Å². The molecule has 0 aromatic carbocycles. The number of nitrogens with zero attached hydrogens (tertiary/aromatic N) is 3. The van der Waals surface area contributed by atoms with Gasteiger partial charge in [-0.05, 0) is 12.1 Å². The lowest BCUT2D eigenvalue weighted by molar-refractivity contribution is -0.174. The number of hydrogen-bond acceptors (Lipinski definition) is 10. The molecular formula is C20H18F3N5O8S. The molecule has 0 bridgehead atoms. The van der Waals surface area contributed by atoms with Crippen LogP contribution < -0.4 is 10.6 Å². The number of carbonyl (C=O) groups excluding carboxylic acids is 4. The second-order valence-corrected chi connectivity index (χ2v) is 8.50. The zero-order valence-electron chi connectivity index (χ0n) is 18.8. The largest absolute Gasteiger partial charge is 0.477 e. The number of carboxylic acids is 1. The minimum atomic E-state index is -4.76. The maximum atomic E-state index is 12.9. The van der Waals surface area contributed by atoms with E-state index in [1.54, 1.807) is 0 Å². The SMILES string of the molecule is CC(=O)OCC1=C(C(=O)O)N2C(=O)[C@@H](NC(=O)C(=NOCC(F)(F)F)c3cccc(NC=O)n3)[C@H]2SC1. The highest BCUT2D eigenvalue weighted by molar-refractivity contribution is 8.00. The first-order valence-electron chi connectivity index (χ1n) is 10.2. The standard InChI is InChI=1S/C20H18F3N5O8S/c1-9(30)35-5-10-6-37-18-14(17(32)28(18)15(10)19(33)34)26-16(31)13(27-36-7-20(21,22)23)11-3-2-4-12(25-11)24-8-29/h2-4,8,14,18H,5-7H2,1H3,(H,26,31)(H,33,34)(H,24,25,29)/t14-,18-/m1/s1.